The van der Waals surface area contributed by atoms with Crippen molar-refractivity contribution in [1.29, 1.82) is 0 Å². The molecule has 0 aliphatic carbocycles. The van der Waals surface area contributed by atoms with E-state index in [4.69, 9.17) is 9.47 Å². The average Bonchev–Trinajstić information content (AvgIpc) is 2.83. The highest BCUT2D eigenvalue weighted by Crippen LogP contribution is 2.39. The lowest BCUT2D eigenvalue weighted by Gasteiger charge is -2.43. The molecule has 1 unspecified atom stereocenters. The van der Waals surface area contributed by atoms with E-state index in [0.717, 1.165) is 0 Å². The SMILES string of the molecule is COc1ccc(/C=N/N2C(=O)c3ccccc3NC2(C)c2cccc([N+](=O)[O-])c2)cc1OC. The van der Waals surface area contributed by atoms with Crippen LogP contribution in [0, 0.1) is 10.1 Å². The third-order valence-electron chi connectivity index (χ3n) is 5.50. The highest BCUT2D eigenvalue weighted by atomic mass is 16.6. The number of benzene rings is 3. The normalized spacial score (nSPS) is 17.4. The van der Waals surface area contributed by atoms with Gasteiger partial charge in [-0.2, -0.15) is 10.1 Å². The molecule has 0 fully saturated rings. The molecule has 0 bridgehead atoms. The molecule has 0 radical (unpaired) electrons. The molecule has 1 aliphatic heterocycles. The van der Waals surface area contributed by atoms with Gasteiger partial charge < -0.3 is 14.8 Å². The topological polar surface area (TPSA) is 106 Å². The summed E-state index contributed by atoms with van der Waals surface area (Å²) in [6, 6.07) is 18.5. The molecule has 1 atom stereocenters. The van der Waals surface area contributed by atoms with E-state index in [-0.39, 0.29) is 11.6 Å². The summed E-state index contributed by atoms with van der Waals surface area (Å²) in [5, 5.41) is 20.5. The first-order valence-corrected chi connectivity index (χ1v) is 10.1. The number of anilines is 1. The second-order valence-corrected chi connectivity index (χ2v) is 7.53. The molecule has 0 aromatic heterocycles. The van der Waals surface area contributed by atoms with Crippen LogP contribution in [0.1, 0.15) is 28.4 Å². The lowest BCUT2D eigenvalue weighted by atomic mass is 9.95. The predicted octanol–water partition coefficient (Wildman–Crippen LogP) is 4.39. The third kappa shape index (κ3) is 3.96. The molecule has 1 N–H and O–H groups in total. The van der Waals surface area contributed by atoms with E-state index in [9.17, 15) is 14.9 Å². The van der Waals surface area contributed by atoms with Crippen LogP contribution < -0.4 is 14.8 Å². The number of non-ortho nitro benzene ring substituents is 1. The maximum absolute atomic E-state index is 13.5. The molecule has 9 nitrogen and oxygen atoms in total. The molecule has 1 heterocycles. The molecule has 168 valence electrons. The number of nitro benzene ring substituents is 1. The van der Waals surface area contributed by atoms with Crippen molar-refractivity contribution >= 4 is 23.5 Å². The second kappa shape index (κ2) is 8.62. The Kier molecular flexibility index (Phi) is 5.70. The molecular formula is C24H22N4O5. The first-order valence-electron chi connectivity index (χ1n) is 10.1. The van der Waals surface area contributed by atoms with Gasteiger partial charge in [0, 0.05) is 23.4 Å². The zero-order valence-corrected chi connectivity index (χ0v) is 18.3. The summed E-state index contributed by atoms with van der Waals surface area (Å²) < 4.78 is 10.6. The monoisotopic (exact) mass is 446 g/mol. The van der Waals surface area contributed by atoms with Gasteiger partial charge in [0.15, 0.2) is 17.2 Å². The van der Waals surface area contributed by atoms with Crippen LogP contribution in [0.3, 0.4) is 0 Å². The van der Waals surface area contributed by atoms with Crippen LogP contribution in [0.4, 0.5) is 11.4 Å². The number of carbonyl (C=O) groups excluding carboxylic acids is 1. The average molecular weight is 446 g/mol. The van der Waals surface area contributed by atoms with Gasteiger partial charge in [0.2, 0.25) is 0 Å². The minimum Gasteiger partial charge on any atom is -0.493 e. The molecule has 9 heteroatoms. The summed E-state index contributed by atoms with van der Waals surface area (Å²) in [5.74, 6) is 0.757. The van der Waals surface area contributed by atoms with Gasteiger partial charge in [0.25, 0.3) is 11.6 Å². The number of ether oxygens (including phenoxy) is 2. The molecule has 3 aromatic carbocycles. The minimum absolute atomic E-state index is 0.0781. The number of fused-ring (bicyclic) bond motifs is 1. The van der Waals surface area contributed by atoms with Crippen molar-refractivity contribution in [1.82, 2.24) is 5.01 Å². The van der Waals surface area contributed by atoms with E-state index in [1.807, 2.05) is 6.07 Å². The molecule has 1 amide bonds. The zero-order chi connectivity index (χ0) is 23.6. The summed E-state index contributed by atoms with van der Waals surface area (Å²) in [7, 11) is 3.08. The van der Waals surface area contributed by atoms with Gasteiger partial charge in [-0.3, -0.25) is 14.9 Å². The van der Waals surface area contributed by atoms with Gasteiger partial charge in [0.05, 0.1) is 30.9 Å². The maximum Gasteiger partial charge on any atom is 0.278 e. The fourth-order valence-corrected chi connectivity index (χ4v) is 3.75. The van der Waals surface area contributed by atoms with Crippen LogP contribution in [0.5, 0.6) is 11.5 Å². The first-order chi connectivity index (χ1) is 15.9. The van der Waals surface area contributed by atoms with Crippen molar-refractivity contribution < 1.29 is 19.2 Å². The van der Waals surface area contributed by atoms with Crippen molar-refractivity contribution in [3.8, 4) is 11.5 Å². The summed E-state index contributed by atoms with van der Waals surface area (Å²) in [5.41, 5.74) is 1.01. The van der Waals surface area contributed by atoms with Crippen molar-refractivity contribution in [3.05, 3.63) is 93.5 Å². The Morgan fingerprint density at radius 3 is 2.52 bits per heavy atom. The van der Waals surface area contributed by atoms with Gasteiger partial charge in [-0.15, -0.1) is 0 Å². The number of nitrogens with zero attached hydrogens (tertiary/aromatic N) is 3. The fraction of sp³-hybridized carbons (Fsp3) is 0.167. The van der Waals surface area contributed by atoms with E-state index in [1.54, 1.807) is 62.6 Å². The molecule has 0 saturated carbocycles. The number of amides is 1. The lowest BCUT2D eigenvalue weighted by Crippen LogP contribution is -2.53. The molecule has 0 spiro atoms. The smallest absolute Gasteiger partial charge is 0.278 e. The van der Waals surface area contributed by atoms with Gasteiger partial charge in [-0.25, -0.2) is 0 Å². The zero-order valence-electron chi connectivity index (χ0n) is 18.3. The molecule has 4 rings (SSSR count). The van der Waals surface area contributed by atoms with Crippen LogP contribution in [0.15, 0.2) is 71.8 Å². The number of hydrogen-bond donors (Lipinski definition) is 1. The minimum atomic E-state index is -1.18. The predicted molar refractivity (Wildman–Crippen MR) is 124 cm³/mol. The van der Waals surface area contributed by atoms with Crippen LogP contribution in [-0.4, -0.2) is 36.3 Å². The Hall–Kier alpha value is -4.40. The van der Waals surface area contributed by atoms with Gasteiger partial charge in [-0.1, -0.05) is 24.3 Å². The number of rotatable bonds is 6. The fourth-order valence-electron chi connectivity index (χ4n) is 3.75. The van der Waals surface area contributed by atoms with E-state index >= 15 is 0 Å². The largest absolute Gasteiger partial charge is 0.493 e. The number of methoxy groups -OCH3 is 2. The number of hydrogen-bond acceptors (Lipinski definition) is 7. The Morgan fingerprint density at radius 2 is 1.79 bits per heavy atom. The standard InChI is InChI=1S/C24H22N4O5/c1-24(17-7-6-8-18(14-17)28(30)31)26-20-10-5-4-9-19(20)23(29)27(24)25-15-16-11-12-21(32-2)22(13-16)33-3/h4-15,26H,1-3H3/b25-15+. The molecule has 1 aliphatic rings. The van der Waals surface area contributed by atoms with Crippen LogP contribution in [0.2, 0.25) is 0 Å². The third-order valence-corrected chi connectivity index (χ3v) is 5.50. The number of hydrazone groups is 1. The van der Waals surface area contributed by atoms with Gasteiger partial charge >= 0.3 is 0 Å². The molecular weight excluding hydrogens is 424 g/mol. The first kappa shape index (κ1) is 21.8. The van der Waals surface area contributed by atoms with Crippen molar-refractivity contribution in [2.75, 3.05) is 19.5 Å². The second-order valence-electron chi connectivity index (χ2n) is 7.53. The lowest BCUT2D eigenvalue weighted by molar-refractivity contribution is -0.385. The summed E-state index contributed by atoms with van der Waals surface area (Å²) in [6.07, 6.45) is 1.53. The van der Waals surface area contributed by atoms with Crippen LogP contribution in [-0.2, 0) is 5.66 Å². The Labute approximate surface area is 190 Å². The number of nitrogens with one attached hydrogen (secondary N) is 1. The van der Waals surface area contributed by atoms with E-state index in [0.29, 0.717) is 33.9 Å². The van der Waals surface area contributed by atoms with Crippen molar-refractivity contribution in [2.45, 2.75) is 12.6 Å². The summed E-state index contributed by atoms with van der Waals surface area (Å²) >= 11 is 0. The quantitative estimate of drug-likeness (QED) is 0.342. The summed E-state index contributed by atoms with van der Waals surface area (Å²) in [6.45, 7) is 1.76. The van der Waals surface area contributed by atoms with Crippen molar-refractivity contribution in [3.63, 3.8) is 0 Å². The van der Waals surface area contributed by atoms with E-state index < -0.39 is 10.6 Å². The van der Waals surface area contributed by atoms with Gasteiger partial charge in [-0.05, 0) is 42.8 Å². The highest BCUT2D eigenvalue weighted by Gasteiger charge is 2.43. The van der Waals surface area contributed by atoms with E-state index in [2.05, 4.69) is 10.4 Å². The maximum atomic E-state index is 13.5. The van der Waals surface area contributed by atoms with E-state index in [1.165, 1.54) is 30.5 Å². The van der Waals surface area contributed by atoms with Crippen molar-refractivity contribution in [2.24, 2.45) is 5.10 Å². The molecule has 33 heavy (non-hydrogen) atoms. The highest BCUT2D eigenvalue weighted by molar-refractivity contribution is 6.02. The Bertz CT molecular complexity index is 1260. The van der Waals surface area contributed by atoms with Crippen LogP contribution >= 0.6 is 0 Å². The molecule has 0 saturated heterocycles. The number of para-hydroxylation sites is 1. The van der Waals surface area contributed by atoms with Gasteiger partial charge in [0.1, 0.15) is 0 Å². The Balaban J connectivity index is 1.81. The molecule has 3 aromatic rings. The number of carbonyl (C=O) groups is 1. The number of nitro groups is 1. The Morgan fingerprint density at radius 1 is 1.03 bits per heavy atom. The summed E-state index contributed by atoms with van der Waals surface area (Å²) in [4.78, 5) is 24.4. The van der Waals surface area contributed by atoms with Crippen LogP contribution in [0.25, 0.3) is 0 Å².